The number of hydrogen-bond acceptors (Lipinski definition) is 5. The van der Waals surface area contributed by atoms with Gasteiger partial charge in [-0.05, 0) is 20.9 Å². The van der Waals surface area contributed by atoms with Crippen LogP contribution in [0.2, 0.25) is 0 Å². The van der Waals surface area contributed by atoms with E-state index in [9.17, 15) is 0 Å². The average molecular weight is 266 g/mol. The lowest BCUT2D eigenvalue weighted by atomic mass is 10.0. The molecule has 1 aromatic rings. The zero-order chi connectivity index (χ0) is 13.9. The Morgan fingerprint density at radius 1 is 1.21 bits per heavy atom. The maximum Gasteiger partial charge on any atom is 0.0738 e. The van der Waals surface area contributed by atoms with Crippen molar-refractivity contribution in [3.63, 3.8) is 0 Å². The van der Waals surface area contributed by atoms with Crippen molar-refractivity contribution in [2.45, 2.75) is 25.9 Å². The zero-order valence-corrected chi connectivity index (χ0v) is 12.6. The van der Waals surface area contributed by atoms with E-state index >= 15 is 0 Å². The average Bonchev–Trinajstić information content (AvgIpc) is 2.75. The van der Waals surface area contributed by atoms with Crippen LogP contribution in [0.4, 0.5) is 0 Å². The predicted octanol–water partition coefficient (Wildman–Crippen LogP) is -0.0693. The van der Waals surface area contributed by atoms with Gasteiger partial charge in [0.1, 0.15) is 0 Å². The van der Waals surface area contributed by atoms with E-state index < -0.39 is 0 Å². The molecule has 2 heterocycles. The lowest BCUT2D eigenvalue weighted by Crippen LogP contribution is -2.57. The summed E-state index contributed by atoms with van der Waals surface area (Å²) < 4.78 is 1.82. The van der Waals surface area contributed by atoms with Gasteiger partial charge < -0.3 is 10.2 Å². The molecule has 0 aliphatic carbocycles. The summed E-state index contributed by atoms with van der Waals surface area (Å²) in [5.41, 5.74) is 1.31. The Labute approximate surface area is 115 Å². The lowest BCUT2D eigenvalue weighted by Gasteiger charge is -2.43. The Morgan fingerprint density at radius 2 is 1.89 bits per heavy atom. The van der Waals surface area contributed by atoms with Crippen LogP contribution in [0.25, 0.3) is 0 Å². The van der Waals surface area contributed by atoms with Crippen molar-refractivity contribution in [1.29, 1.82) is 0 Å². The number of nitrogens with one attached hydrogen (secondary N) is 1. The van der Waals surface area contributed by atoms with Crippen LogP contribution >= 0.6 is 0 Å². The summed E-state index contributed by atoms with van der Waals surface area (Å²) in [5, 5.41) is 11.4. The van der Waals surface area contributed by atoms with Crippen LogP contribution in [-0.4, -0.2) is 70.1 Å². The van der Waals surface area contributed by atoms with Crippen molar-refractivity contribution < 1.29 is 0 Å². The Bertz CT molecular complexity index is 392. The molecule has 1 saturated heterocycles. The van der Waals surface area contributed by atoms with Gasteiger partial charge in [-0.25, -0.2) is 0 Å². The normalized spacial score (nSPS) is 18.9. The molecule has 6 nitrogen and oxygen atoms in total. The summed E-state index contributed by atoms with van der Waals surface area (Å²) in [6.07, 6.45) is 1.82. The number of hydrogen-bond donors (Lipinski definition) is 1. The fraction of sp³-hybridized carbons (Fsp3) is 0.846. The Kier molecular flexibility index (Phi) is 4.54. The molecule has 0 radical (unpaired) electrons. The molecule has 0 amide bonds. The summed E-state index contributed by atoms with van der Waals surface area (Å²) in [6.45, 7) is 11.0. The van der Waals surface area contributed by atoms with Crippen molar-refractivity contribution in [2.24, 2.45) is 7.05 Å². The van der Waals surface area contributed by atoms with E-state index in [4.69, 9.17) is 0 Å². The quantitative estimate of drug-likeness (QED) is 0.808. The Balaban J connectivity index is 1.79. The highest BCUT2D eigenvalue weighted by Crippen LogP contribution is 2.15. The number of nitrogens with zero attached hydrogens (tertiary/aromatic N) is 5. The SMILES string of the molecule is CN1CCN(C(C)(C)CNCc2cnnn2C)CC1. The predicted molar refractivity (Wildman–Crippen MR) is 75.9 cm³/mol. The van der Waals surface area contributed by atoms with Crippen molar-refractivity contribution in [2.75, 3.05) is 39.8 Å². The molecule has 0 bridgehead atoms. The van der Waals surface area contributed by atoms with Gasteiger partial charge in [-0.1, -0.05) is 5.21 Å². The number of rotatable bonds is 5. The molecule has 0 aromatic carbocycles. The lowest BCUT2D eigenvalue weighted by molar-refractivity contribution is 0.0617. The van der Waals surface area contributed by atoms with Crippen LogP contribution < -0.4 is 5.32 Å². The fourth-order valence-electron chi connectivity index (χ4n) is 2.49. The van der Waals surface area contributed by atoms with Crippen molar-refractivity contribution in [1.82, 2.24) is 30.1 Å². The fourth-order valence-corrected chi connectivity index (χ4v) is 2.49. The highest BCUT2D eigenvalue weighted by molar-refractivity contribution is 4.94. The first-order valence-corrected chi connectivity index (χ1v) is 6.97. The molecule has 19 heavy (non-hydrogen) atoms. The van der Waals surface area contributed by atoms with Gasteiger partial charge in [0.2, 0.25) is 0 Å². The first-order valence-electron chi connectivity index (χ1n) is 6.97. The van der Waals surface area contributed by atoms with Gasteiger partial charge in [0.25, 0.3) is 0 Å². The third kappa shape index (κ3) is 3.75. The molecule has 0 saturated carbocycles. The third-order valence-corrected chi connectivity index (χ3v) is 4.03. The van der Waals surface area contributed by atoms with Crippen molar-refractivity contribution in [3.8, 4) is 0 Å². The van der Waals surface area contributed by atoms with Crippen molar-refractivity contribution >= 4 is 0 Å². The molecule has 1 aliphatic heterocycles. The summed E-state index contributed by atoms with van der Waals surface area (Å²) >= 11 is 0. The molecule has 1 aliphatic rings. The maximum atomic E-state index is 3.94. The van der Waals surface area contributed by atoms with E-state index in [1.807, 2.05) is 17.9 Å². The number of aromatic nitrogens is 3. The van der Waals surface area contributed by atoms with E-state index in [2.05, 4.69) is 46.3 Å². The number of likely N-dealkylation sites (N-methyl/N-ethyl adjacent to an activating group) is 1. The van der Waals surface area contributed by atoms with Crippen LogP contribution in [0.1, 0.15) is 19.5 Å². The van der Waals surface area contributed by atoms with E-state index in [1.165, 1.54) is 0 Å². The van der Waals surface area contributed by atoms with Crippen LogP contribution in [0.3, 0.4) is 0 Å². The maximum absolute atomic E-state index is 3.94. The van der Waals surface area contributed by atoms with E-state index in [0.717, 1.165) is 45.0 Å². The second-order valence-electron chi connectivity index (χ2n) is 6.06. The van der Waals surface area contributed by atoms with Gasteiger partial charge in [0.15, 0.2) is 0 Å². The molecule has 2 rings (SSSR count). The monoisotopic (exact) mass is 266 g/mol. The Morgan fingerprint density at radius 3 is 2.47 bits per heavy atom. The van der Waals surface area contributed by atoms with Crippen LogP contribution in [-0.2, 0) is 13.6 Å². The molecule has 108 valence electrons. The van der Waals surface area contributed by atoms with Crippen LogP contribution in [0.5, 0.6) is 0 Å². The first-order chi connectivity index (χ1) is 8.99. The zero-order valence-electron chi connectivity index (χ0n) is 12.6. The van der Waals surface area contributed by atoms with Crippen LogP contribution in [0.15, 0.2) is 6.20 Å². The third-order valence-electron chi connectivity index (χ3n) is 4.03. The highest BCUT2D eigenvalue weighted by Gasteiger charge is 2.28. The van der Waals surface area contributed by atoms with Gasteiger partial charge in [-0.3, -0.25) is 9.58 Å². The minimum atomic E-state index is 0.188. The summed E-state index contributed by atoms with van der Waals surface area (Å²) in [5.74, 6) is 0. The molecule has 0 unspecified atom stereocenters. The van der Waals surface area contributed by atoms with E-state index in [-0.39, 0.29) is 5.54 Å². The van der Waals surface area contributed by atoms with Gasteiger partial charge >= 0.3 is 0 Å². The molecular formula is C13H26N6. The molecule has 0 atom stereocenters. The summed E-state index contributed by atoms with van der Waals surface area (Å²) in [6, 6.07) is 0. The van der Waals surface area contributed by atoms with E-state index in [1.54, 1.807) is 0 Å². The van der Waals surface area contributed by atoms with Crippen LogP contribution in [0, 0.1) is 0 Å². The molecular weight excluding hydrogens is 240 g/mol. The smallest absolute Gasteiger partial charge is 0.0738 e. The van der Waals surface area contributed by atoms with Gasteiger partial charge in [0, 0.05) is 51.9 Å². The second kappa shape index (κ2) is 5.98. The van der Waals surface area contributed by atoms with E-state index in [0.29, 0.717) is 0 Å². The molecule has 1 N–H and O–H groups in total. The molecule has 1 fully saturated rings. The molecule has 6 heteroatoms. The minimum Gasteiger partial charge on any atom is -0.309 e. The summed E-state index contributed by atoms with van der Waals surface area (Å²) in [7, 11) is 4.12. The minimum absolute atomic E-state index is 0.188. The largest absolute Gasteiger partial charge is 0.309 e. The van der Waals surface area contributed by atoms with Crippen molar-refractivity contribution in [3.05, 3.63) is 11.9 Å². The topological polar surface area (TPSA) is 49.2 Å². The van der Waals surface area contributed by atoms with Gasteiger partial charge in [-0.15, -0.1) is 5.10 Å². The highest BCUT2D eigenvalue weighted by atomic mass is 15.4. The molecule has 1 aromatic heterocycles. The van der Waals surface area contributed by atoms with Gasteiger partial charge in [-0.2, -0.15) is 0 Å². The first kappa shape index (κ1) is 14.4. The molecule has 0 spiro atoms. The second-order valence-corrected chi connectivity index (χ2v) is 6.06. The summed E-state index contributed by atoms with van der Waals surface area (Å²) in [4.78, 5) is 4.96. The number of aryl methyl sites for hydroxylation is 1. The Hall–Kier alpha value is -0.980. The standard InChI is InChI=1S/C13H26N6/c1-13(2,19-7-5-17(3)6-8-19)11-14-9-12-10-15-16-18(12)4/h10,14H,5-9,11H2,1-4H3. The number of piperazine rings is 1. The van der Waals surface area contributed by atoms with Gasteiger partial charge in [0.05, 0.1) is 11.9 Å².